The second-order valence-electron chi connectivity index (χ2n) is 3.59. The van der Waals surface area contributed by atoms with E-state index >= 15 is 0 Å². The number of rotatable bonds is 5. The fraction of sp³-hybridized carbons (Fsp3) is 0.417. The van der Waals surface area contributed by atoms with Crippen LogP contribution >= 0.6 is 23.8 Å². The Labute approximate surface area is 107 Å². The largest absolute Gasteiger partial charge is 0.362 e. The topological polar surface area (TPSA) is 24.1 Å². The summed E-state index contributed by atoms with van der Waals surface area (Å²) in [6.07, 6.45) is 3.61. The van der Waals surface area contributed by atoms with Crippen molar-refractivity contribution in [2.24, 2.45) is 0 Å². The fourth-order valence-electron chi connectivity index (χ4n) is 1.29. The first-order valence-electron chi connectivity index (χ1n) is 5.53. The second kappa shape index (κ2) is 7.47. The van der Waals surface area contributed by atoms with Crippen LogP contribution in [0.25, 0.3) is 0 Å². The molecule has 0 aromatic heterocycles. The lowest BCUT2D eigenvalue weighted by Crippen LogP contribution is -2.29. The summed E-state index contributed by atoms with van der Waals surface area (Å²) in [7, 11) is 0. The summed E-state index contributed by atoms with van der Waals surface area (Å²) >= 11 is 11.0. The molecule has 16 heavy (non-hydrogen) atoms. The van der Waals surface area contributed by atoms with Gasteiger partial charge in [-0.25, -0.2) is 0 Å². The molecule has 0 spiro atoms. The number of hydrogen-bond acceptors (Lipinski definition) is 1. The van der Waals surface area contributed by atoms with Gasteiger partial charge in [0.25, 0.3) is 0 Å². The number of unbranched alkanes of at least 4 members (excludes halogenated alkanes) is 2. The lowest BCUT2D eigenvalue weighted by molar-refractivity contribution is 0.698. The first kappa shape index (κ1) is 13.3. The van der Waals surface area contributed by atoms with Crippen LogP contribution in [0.3, 0.4) is 0 Å². The molecule has 0 unspecified atom stereocenters. The second-order valence-corrected chi connectivity index (χ2v) is 4.44. The van der Waals surface area contributed by atoms with Crippen LogP contribution in [0.4, 0.5) is 5.69 Å². The normalized spacial score (nSPS) is 9.88. The van der Waals surface area contributed by atoms with Gasteiger partial charge in [0, 0.05) is 17.3 Å². The van der Waals surface area contributed by atoms with Crippen molar-refractivity contribution in [1.29, 1.82) is 0 Å². The van der Waals surface area contributed by atoms with Crippen molar-refractivity contribution in [1.82, 2.24) is 5.32 Å². The van der Waals surface area contributed by atoms with Gasteiger partial charge < -0.3 is 10.6 Å². The molecule has 0 saturated carbocycles. The third-order valence-corrected chi connectivity index (χ3v) is 2.67. The molecular formula is C12H17ClN2S. The zero-order chi connectivity index (χ0) is 11.8. The summed E-state index contributed by atoms with van der Waals surface area (Å²) in [5, 5.41) is 7.67. The van der Waals surface area contributed by atoms with E-state index in [1.54, 1.807) is 0 Å². The highest BCUT2D eigenvalue weighted by Crippen LogP contribution is 2.13. The number of hydrogen-bond donors (Lipinski definition) is 2. The minimum atomic E-state index is 0.665. The molecular weight excluding hydrogens is 240 g/mol. The highest BCUT2D eigenvalue weighted by atomic mass is 35.5. The number of thiocarbonyl (C=S) groups is 1. The van der Waals surface area contributed by atoms with Gasteiger partial charge in [0.15, 0.2) is 5.11 Å². The van der Waals surface area contributed by atoms with Gasteiger partial charge in [-0.2, -0.15) is 0 Å². The number of benzene rings is 1. The predicted molar refractivity (Wildman–Crippen MR) is 75.2 cm³/mol. The molecule has 1 aromatic rings. The first-order valence-corrected chi connectivity index (χ1v) is 6.31. The fourth-order valence-corrected chi connectivity index (χ4v) is 1.63. The van der Waals surface area contributed by atoms with Crippen LogP contribution < -0.4 is 10.6 Å². The van der Waals surface area contributed by atoms with Gasteiger partial charge in [0.05, 0.1) is 0 Å². The minimum Gasteiger partial charge on any atom is -0.362 e. The van der Waals surface area contributed by atoms with Crippen molar-refractivity contribution in [3.05, 3.63) is 29.3 Å². The third-order valence-electron chi connectivity index (χ3n) is 2.17. The van der Waals surface area contributed by atoms with E-state index in [0.717, 1.165) is 23.7 Å². The van der Waals surface area contributed by atoms with E-state index in [4.69, 9.17) is 23.8 Å². The standard InChI is InChI=1S/C12H17ClN2S/c1-2-3-4-9-14-12(16)15-11-7-5-10(13)6-8-11/h5-8H,2-4,9H2,1H3,(H2,14,15,16). The molecule has 2 N–H and O–H groups in total. The molecule has 0 heterocycles. The van der Waals surface area contributed by atoms with Crippen LogP contribution in [-0.2, 0) is 0 Å². The molecule has 4 heteroatoms. The van der Waals surface area contributed by atoms with Crippen LogP contribution in [0.2, 0.25) is 5.02 Å². The SMILES string of the molecule is CCCCCNC(=S)Nc1ccc(Cl)cc1. The Morgan fingerprint density at radius 3 is 2.56 bits per heavy atom. The lowest BCUT2D eigenvalue weighted by Gasteiger charge is -2.10. The highest BCUT2D eigenvalue weighted by molar-refractivity contribution is 7.80. The maximum absolute atomic E-state index is 5.79. The molecule has 0 aliphatic heterocycles. The van der Waals surface area contributed by atoms with E-state index < -0.39 is 0 Å². The smallest absolute Gasteiger partial charge is 0.170 e. The van der Waals surface area contributed by atoms with Crippen molar-refractivity contribution >= 4 is 34.6 Å². The average molecular weight is 257 g/mol. The Bertz CT molecular complexity index is 324. The summed E-state index contributed by atoms with van der Waals surface area (Å²) in [4.78, 5) is 0. The molecule has 0 saturated heterocycles. The zero-order valence-electron chi connectivity index (χ0n) is 9.42. The Balaban J connectivity index is 2.26. The summed E-state index contributed by atoms with van der Waals surface area (Å²) < 4.78 is 0. The first-order chi connectivity index (χ1) is 7.72. The van der Waals surface area contributed by atoms with E-state index in [2.05, 4.69) is 17.6 Å². The molecule has 2 nitrogen and oxygen atoms in total. The zero-order valence-corrected chi connectivity index (χ0v) is 11.0. The Morgan fingerprint density at radius 2 is 1.94 bits per heavy atom. The predicted octanol–water partition coefficient (Wildman–Crippen LogP) is 3.82. The number of anilines is 1. The summed E-state index contributed by atoms with van der Waals surface area (Å²) in [5.74, 6) is 0. The van der Waals surface area contributed by atoms with Crippen LogP contribution in [0, 0.1) is 0 Å². The molecule has 1 aromatic carbocycles. The average Bonchev–Trinajstić information content (AvgIpc) is 2.28. The van der Waals surface area contributed by atoms with Gasteiger partial charge in [-0.15, -0.1) is 0 Å². The number of nitrogens with one attached hydrogen (secondary N) is 2. The Hall–Kier alpha value is -0.800. The van der Waals surface area contributed by atoms with Crippen LogP contribution in [0.1, 0.15) is 26.2 Å². The van der Waals surface area contributed by atoms with E-state index in [-0.39, 0.29) is 0 Å². The molecule has 0 fully saturated rings. The van der Waals surface area contributed by atoms with Gasteiger partial charge in [-0.3, -0.25) is 0 Å². The highest BCUT2D eigenvalue weighted by Gasteiger charge is 1.96. The molecule has 1 rings (SSSR count). The van der Waals surface area contributed by atoms with E-state index in [1.165, 1.54) is 12.8 Å². The molecule has 88 valence electrons. The van der Waals surface area contributed by atoms with Gasteiger partial charge in [-0.1, -0.05) is 31.4 Å². The molecule has 0 radical (unpaired) electrons. The van der Waals surface area contributed by atoms with Crippen molar-refractivity contribution in [3.63, 3.8) is 0 Å². The minimum absolute atomic E-state index is 0.665. The van der Waals surface area contributed by atoms with Gasteiger partial charge >= 0.3 is 0 Å². The van der Waals surface area contributed by atoms with Gasteiger partial charge in [0.1, 0.15) is 0 Å². The van der Waals surface area contributed by atoms with Crippen LogP contribution in [-0.4, -0.2) is 11.7 Å². The maximum Gasteiger partial charge on any atom is 0.170 e. The lowest BCUT2D eigenvalue weighted by atomic mass is 10.2. The third kappa shape index (κ3) is 5.33. The van der Waals surface area contributed by atoms with Crippen molar-refractivity contribution in [2.75, 3.05) is 11.9 Å². The molecule has 0 atom stereocenters. The van der Waals surface area contributed by atoms with Crippen molar-refractivity contribution in [3.8, 4) is 0 Å². The van der Waals surface area contributed by atoms with Crippen LogP contribution in [0.5, 0.6) is 0 Å². The van der Waals surface area contributed by atoms with E-state index in [9.17, 15) is 0 Å². The molecule has 0 aliphatic carbocycles. The molecule has 0 bridgehead atoms. The Morgan fingerprint density at radius 1 is 1.25 bits per heavy atom. The maximum atomic E-state index is 5.79. The van der Waals surface area contributed by atoms with E-state index in [1.807, 2.05) is 24.3 Å². The summed E-state index contributed by atoms with van der Waals surface area (Å²) in [5.41, 5.74) is 0.956. The number of halogens is 1. The molecule has 0 amide bonds. The quantitative estimate of drug-likeness (QED) is 0.619. The summed E-state index contributed by atoms with van der Waals surface area (Å²) in [6, 6.07) is 7.48. The van der Waals surface area contributed by atoms with Crippen molar-refractivity contribution in [2.45, 2.75) is 26.2 Å². The monoisotopic (exact) mass is 256 g/mol. The van der Waals surface area contributed by atoms with Gasteiger partial charge in [-0.05, 0) is 42.9 Å². The summed E-state index contributed by atoms with van der Waals surface area (Å²) in [6.45, 7) is 3.11. The Kier molecular flexibility index (Phi) is 6.19. The molecule has 0 aliphatic rings. The van der Waals surface area contributed by atoms with Crippen LogP contribution in [0.15, 0.2) is 24.3 Å². The van der Waals surface area contributed by atoms with Crippen molar-refractivity contribution < 1.29 is 0 Å². The van der Waals surface area contributed by atoms with Gasteiger partial charge in [0.2, 0.25) is 0 Å². The van der Waals surface area contributed by atoms with E-state index in [0.29, 0.717) is 5.11 Å².